The third-order valence-corrected chi connectivity index (χ3v) is 5.34. The minimum absolute atomic E-state index is 0.225. The molecule has 0 spiro atoms. The number of para-hydroxylation sites is 1. The van der Waals surface area contributed by atoms with E-state index >= 15 is 0 Å². The van der Waals surface area contributed by atoms with Gasteiger partial charge in [-0.3, -0.25) is 4.98 Å². The van der Waals surface area contributed by atoms with Crippen LogP contribution in [0.4, 0.5) is 10.2 Å². The molecule has 1 aliphatic heterocycles. The van der Waals surface area contributed by atoms with Gasteiger partial charge in [-0.25, -0.2) is 9.18 Å². The van der Waals surface area contributed by atoms with Crippen molar-refractivity contribution in [3.05, 3.63) is 87.7 Å². The lowest BCUT2D eigenvalue weighted by Crippen LogP contribution is -2.27. The van der Waals surface area contributed by atoms with Crippen molar-refractivity contribution >= 4 is 16.7 Å². The molecule has 3 heterocycles. The number of halogens is 1. The molecule has 1 aliphatic rings. The molecule has 152 valence electrons. The van der Waals surface area contributed by atoms with Gasteiger partial charge in [-0.05, 0) is 35.2 Å². The van der Waals surface area contributed by atoms with Gasteiger partial charge in [-0.1, -0.05) is 30.3 Å². The van der Waals surface area contributed by atoms with Crippen LogP contribution in [-0.4, -0.2) is 27.7 Å². The van der Waals surface area contributed by atoms with E-state index in [1.807, 2.05) is 24.3 Å². The number of H-pyrrole nitrogens is 1. The lowest BCUT2D eigenvalue weighted by molar-refractivity contribution is 0.312. The number of nitrogen functional groups attached to an aromatic ring is 1. The summed E-state index contributed by atoms with van der Waals surface area (Å²) in [4.78, 5) is 18.4. The normalized spacial score (nSPS) is 16.1. The van der Waals surface area contributed by atoms with Gasteiger partial charge in [0.25, 0.3) is 0 Å². The summed E-state index contributed by atoms with van der Waals surface area (Å²) in [6.07, 6.45) is 0. The van der Waals surface area contributed by atoms with Crippen molar-refractivity contribution in [1.82, 2.24) is 19.9 Å². The van der Waals surface area contributed by atoms with E-state index in [-0.39, 0.29) is 23.6 Å². The quantitative estimate of drug-likeness (QED) is 0.487. The molecule has 2 aromatic carbocycles. The number of nitrogens with two attached hydrogens (primary N) is 1. The molecule has 0 fully saturated rings. The monoisotopic (exact) mass is 405 g/mol. The zero-order valence-corrected chi connectivity index (χ0v) is 16.1. The molecule has 0 radical (unpaired) electrons. The number of benzene rings is 2. The Morgan fingerprint density at radius 3 is 2.83 bits per heavy atom. The average molecular weight is 405 g/mol. The maximum atomic E-state index is 13.4. The van der Waals surface area contributed by atoms with E-state index in [0.717, 1.165) is 22.2 Å². The summed E-state index contributed by atoms with van der Waals surface area (Å²) in [5.41, 5.74) is 9.21. The van der Waals surface area contributed by atoms with Gasteiger partial charge in [-0.2, -0.15) is 4.98 Å². The first kappa shape index (κ1) is 18.4. The number of anilines is 1. The average Bonchev–Trinajstić information content (AvgIpc) is 2.94. The number of nitrogens with one attached hydrogen (secondary N) is 2. The second-order valence-electron chi connectivity index (χ2n) is 7.25. The summed E-state index contributed by atoms with van der Waals surface area (Å²) in [5, 5.41) is 4.53. The molecule has 0 saturated carbocycles. The Hall–Kier alpha value is -3.65. The highest BCUT2D eigenvalue weighted by molar-refractivity contribution is 5.82. The van der Waals surface area contributed by atoms with Crippen LogP contribution < -0.4 is 21.5 Å². The Bertz CT molecular complexity index is 1280. The number of aromatic nitrogens is 3. The summed E-state index contributed by atoms with van der Waals surface area (Å²) < 4.78 is 21.2. The number of rotatable bonds is 3. The molecule has 8 heteroatoms. The Morgan fingerprint density at radius 1 is 1.20 bits per heavy atom. The van der Waals surface area contributed by atoms with Gasteiger partial charge < -0.3 is 20.4 Å². The predicted octanol–water partition coefficient (Wildman–Crippen LogP) is 2.57. The van der Waals surface area contributed by atoms with Crippen molar-refractivity contribution < 1.29 is 9.13 Å². The van der Waals surface area contributed by atoms with Crippen molar-refractivity contribution in [2.24, 2.45) is 0 Å². The molecule has 0 aliphatic carbocycles. The molecule has 4 N–H and O–H groups in total. The second kappa shape index (κ2) is 7.31. The van der Waals surface area contributed by atoms with Gasteiger partial charge in [0.15, 0.2) is 0 Å². The molecule has 1 atom stereocenters. The highest BCUT2D eigenvalue weighted by Crippen LogP contribution is 2.36. The third-order valence-electron chi connectivity index (χ3n) is 5.34. The third kappa shape index (κ3) is 3.21. The van der Waals surface area contributed by atoms with E-state index in [0.29, 0.717) is 25.3 Å². The molecule has 4 aromatic rings. The van der Waals surface area contributed by atoms with E-state index in [2.05, 4.69) is 25.9 Å². The van der Waals surface area contributed by atoms with E-state index < -0.39 is 5.69 Å². The highest BCUT2D eigenvalue weighted by atomic mass is 19.1. The minimum Gasteiger partial charge on any atom is -0.476 e. The zero-order valence-electron chi connectivity index (χ0n) is 16.1. The van der Waals surface area contributed by atoms with Gasteiger partial charge in [0, 0.05) is 24.3 Å². The van der Waals surface area contributed by atoms with Gasteiger partial charge in [0.2, 0.25) is 5.88 Å². The molecule has 5 rings (SSSR count). The maximum absolute atomic E-state index is 13.4. The molecular weight excluding hydrogens is 385 g/mol. The van der Waals surface area contributed by atoms with Crippen LogP contribution in [0.1, 0.15) is 22.9 Å². The number of hydrogen-bond donors (Lipinski definition) is 3. The smallest absolute Gasteiger partial charge is 0.349 e. The predicted molar refractivity (Wildman–Crippen MR) is 112 cm³/mol. The summed E-state index contributed by atoms with van der Waals surface area (Å²) in [5.74, 6) is 0.198. The molecule has 30 heavy (non-hydrogen) atoms. The van der Waals surface area contributed by atoms with E-state index in [9.17, 15) is 9.18 Å². The van der Waals surface area contributed by atoms with Gasteiger partial charge in [0.05, 0.1) is 11.6 Å². The number of aromatic amines is 1. The van der Waals surface area contributed by atoms with Crippen molar-refractivity contribution in [3.63, 3.8) is 0 Å². The van der Waals surface area contributed by atoms with Gasteiger partial charge in [-0.15, -0.1) is 0 Å². The lowest BCUT2D eigenvalue weighted by atomic mass is 10.0. The van der Waals surface area contributed by atoms with Gasteiger partial charge >= 0.3 is 5.69 Å². The molecule has 2 aromatic heterocycles. The molecule has 0 bridgehead atoms. The van der Waals surface area contributed by atoms with Crippen LogP contribution in [0.5, 0.6) is 5.88 Å². The van der Waals surface area contributed by atoms with Crippen LogP contribution >= 0.6 is 0 Å². The molecule has 1 unspecified atom stereocenters. The Balaban J connectivity index is 1.70. The summed E-state index contributed by atoms with van der Waals surface area (Å²) in [6, 6.07) is 16.3. The number of nitrogens with zero attached hydrogens (tertiary/aromatic N) is 2. The largest absolute Gasteiger partial charge is 0.476 e. The van der Waals surface area contributed by atoms with E-state index in [1.54, 1.807) is 12.1 Å². The molecular formula is C22H20FN5O2. The first-order valence-corrected chi connectivity index (χ1v) is 9.68. The van der Waals surface area contributed by atoms with Crippen LogP contribution in [0, 0.1) is 5.82 Å². The highest BCUT2D eigenvalue weighted by Gasteiger charge is 2.29. The zero-order chi connectivity index (χ0) is 20.7. The van der Waals surface area contributed by atoms with Crippen molar-refractivity contribution in [1.29, 1.82) is 0 Å². The fourth-order valence-electron chi connectivity index (χ4n) is 3.99. The minimum atomic E-state index is -0.543. The van der Waals surface area contributed by atoms with Crippen LogP contribution in [-0.2, 0) is 6.54 Å². The van der Waals surface area contributed by atoms with Crippen LogP contribution in [0.15, 0.2) is 59.4 Å². The number of fused-ring (bicyclic) bond motifs is 2. The fourth-order valence-corrected chi connectivity index (χ4v) is 3.99. The lowest BCUT2D eigenvalue weighted by Gasteiger charge is -2.21. The van der Waals surface area contributed by atoms with Crippen LogP contribution in [0.3, 0.4) is 0 Å². The molecule has 7 nitrogen and oxygen atoms in total. The maximum Gasteiger partial charge on any atom is 0.349 e. The van der Waals surface area contributed by atoms with Crippen molar-refractivity contribution in [3.8, 4) is 5.88 Å². The Kier molecular flexibility index (Phi) is 4.48. The topological polar surface area (TPSA) is 98.0 Å². The second-order valence-corrected chi connectivity index (χ2v) is 7.25. The van der Waals surface area contributed by atoms with Crippen LogP contribution in [0.25, 0.3) is 10.9 Å². The fraction of sp³-hybridized carbons (Fsp3) is 0.182. The number of ether oxygens (including phenoxy) is 1. The number of hydrogen-bond acceptors (Lipinski definition) is 5. The van der Waals surface area contributed by atoms with E-state index in [4.69, 9.17) is 10.5 Å². The van der Waals surface area contributed by atoms with Gasteiger partial charge in [0.1, 0.15) is 18.2 Å². The summed E-state index contributed by atoms with van der Waals surface area (Å²) in [7, 11) is 0. The molecule has 0 saturated heterocycles. The summed E-state index contributed by atoms with van der Waals surface area (Å²) >= 11 is 0. The SMILES string of the molecule is Nc1[nH]c(=O)nc2c1C(c1cc3ccccc3n1Cc1ccc(F)cc1)NCCO2. The first-order chi connectivity index (χ1) is 14.6. The van der Waals surface area contributed by atoms with Crippen molar-refractivity contribution in [2.75, 3.05) is 18.9 Å². The summed E-state index contributed by atoms with van der Waals surface area (Å²) in [6.45, 7) is 1.48. The Morgan fingerprint density at radius 2 is 2.00 bits per heavy atom. The van der Waals surface area contributed by atoms with Crippen LogP contribution in [0.2, 0.25) is 0 Å². The first-order valence-electron chi connectivity index (χ1n) is 9.68. The Labute approximate surface area is 171 Å². The van der Waals surface area contributed by atoms with Crippen molar-refractivity contribution in [2.45, 2.75) is 12.6 Å². The standard InChI is InChI=1S/C22H20FN5O2/c23-15-7-5-13(6-8-15)12-28-16-4-2-1-3-14(16)11-17(28)19-18-20(24)26-22(29)27-21(18)30-10-9-25-19/h1-8,11,19,25H,9-10,12H2,(H3,24,26,27,29). The van der Waals surface area contributed by atoms with E-state index in [1.165, 1.54) is 12.1 Å². The molecule has 0 amide bonds.